The van der Waals surface area contributed by atoms with Crippen LogP contribution in [0.3, 0.4) is 0 Å². The summed E-state index contributed by atoms with van der Waals surface area (Å²) in [6, 6.07) is 0.513. The highest BCUT2D eigenvalue weighted by Crippen LogP contribution is 2.04. The molecule has 0 aromatic carbocycles. The molecule has 4 nitrogen and oxygen atoms in total. The van der Waals surface area contributed by atoms with Crippen molar-refractivity contribution in [3.8, 4) is 0 Å². The fraction of sp³-hybridized carbons (Fsp3) is 0.923. The van der Waals surface area contributed by atoms with Crippen molar-refractivity contribution < 1.29 is 9.53 Å². The third kappa shape index (κ3) is 7.34. The van der Waals surface area contributed by atoms with E-state index in [-0.39, 0.29) is 5.91 Å². The van der Waals surface area contributed by atoms with Crippen molar-refractivity contribution in [3.05, 3.63) is 0 Å². The molecule has 0 radical (unpaired) electrons. The number of carbonyl (C=O) groups is 1. The van der Waals surface area contributed by atoms with Crippen LogP contribution in [-0.4, -0.2) is 38.3 Å². The predicted molar refractivity (Wildman–Crippen MR) is 69.0 cm³/mol. The SMILES string of the molecule is CCCCC(=O)NCCCCC1COCCN1. The molecule has 1 heterocycles. The van der Waals surface area contributed by atoms with Crippen molar-refractivity contribution in [3.63, 3.8) is 0 Å². The summed E-state index contributed by atoms with van der Waals surface area (Å²) in [5.41, 5.74) is 0. The zero-order chi connectivity index (χ0) is 12.3. The molecule has 1 atom stereocenters. The maximum absolute atomic E-state index is 11.3. The zero-order valence-corrected chi connectivity index (χ0v) is 11.0. The second-order valence-electron chi connectivity index (χ2n) is 4.68. The lowest BCUT2D eigenvalue weighted by Gasteiger charge is -2.23. The fourth-order valence-electron chi connectivity index (χ4n) is 1.97. The van der Waals surface area contributed by atoms with E-state index in [0.717, 1.165) is 58.4 Å². The third-order valence-electron chi connectivity index (χ3n) is 3.06. The first-order valence-corrected chi connectivity index (χ1v) is 6.90. The molecule has 1 aliphatic rings. The maximum Gasteiger partial charge on any atom is 0.219 e. The van der Waals surface area contributed by atoms with Crippen molar-refractivity contribution in [2.75, 3.05) is 26.3 Å². The summed E-state index contributed by atoms with van der Waals surface area (Å²) in [5, 5.41) is 6.40. The van der Waals surface area contributed by atoms with Gasteiger partial charge < -0.3 is 15.4 Å². The molecule has 1 saturated heterocycles. The molecule has 1 rings (SSSR count). The molecule has 0 saturated carbocycles. The minimum absolute atomic E-state index is 0.200. The number of hydrogen-bond donors (Lipinski definition) is 2. The normalized spacial score (nSPS) is 20.2. The van der Waals surface area contributed by atoms with Crippen LogP contribution in [-0.2, 0) is 9.53 Å². The molecule has 0 bridgehead atoms. The maximum atomic E-state index is 11.3. The van der Waals surface area contributed by atoms with Gasteiger partial charge in [-0.2, -0.15) is 0 Å². The van der Waals surface area contributed by atoms with Crippen LogP contribution in [0.15, 0.2) is 0 Å². The molecule has 1 fully saturated rings. The molecule has 0 aromatic heterocycles. The van der Waals surface area contributed by atoms with Gasteiger partial charge in [0.05, 0.1) is 13.2 Å². The highest BCUT2D eigenvalue weighted by Gasteiger charge is 2.11. The highest BCUT2D eigenvalue weighted by atomic mass is 16.5. The van der Waals surface area contributed by atoms with Gasteiger partial charge in [-0.3, -0.25) is 4.79 Å². The topological polar surface area (TPSA) is 50.4 Å². The van der Waals surface area contributed by atoms with Crippen LogP contribution in [0.1, 0.15) is 45.4 Å². The van der Waals surface area contributed by atoms with Gasteiger partial charge in [0, 0.05) is 25.6 Å². The van der Waals surface area contributed by atoms with Crippen molar-refractivity contribution >= 4 is 5.91 Å². The summed E-state index contributed by atoms with van der Waals surface area (Å²) in [7, 11) is 0. The van der Waals surface area contributed by atoms with Gasteiger partial charge in [0.25, 0.3) is 0 Å². The molecule has 17 heavy (non-hydrogen) atoms. The third-order valence-corrected chi connectivity index (χ3v) is 3.06. The second-order valence-corrected chi connectivity index (χ2v) is 4.68. The van der Waals surface area contributed by atoms with Crippen LogP contribution in [0.25, 0.3) is 0 Å². The molecule has 0 aliphatic carbocycles. The molecular weight excluding hydrogens is 216 g/mol. The number of nitrogens with one attached hydrogen (secondary N) is 2. The van der Waals surface area contributed by atoms with Gasteiger partial charge in [0.1, 0.15) is 0 Å². The van der Waals surface area contributed by atoms with E-state index >= 15 is 0 Å². The van der Waals surface area contributed by atoms with Gasteiger partial charge in [-0.05, 0) is 19.3 Å². The first-order chi connectivity index (χ1) is 8.33. The van der Waals surface area contributed by atoms with Crippen molar-refractivity contribution in [2.24, 2.45) is 0 Å². The summed E-state index contributed by atoms with van der Waals surface area (Å²) in [5.74, 6) is 0.200. The molecule has 0 aromatic rings. The molecule has 100 valence electrons. The number of ether oxygens (including phenoxy) is 1. The molecule has 0 spiro atoms. The molecule has 1 unspecified atom stereocenters. The first kappa shape index (κ1) is 14.5. The van der Waals surface area contributed by atoms with Gasteiger partial charge in [0.2, 0.25) is 5.91 Å². The first-order valence-electron chi connectivity index (χ1n) is 6.90. The number of rotatable bonds is 8. The van der Waals surface area contributed by atoms with Gasteiger partial charge in [-0.25, -0.2) is 0 Å². The zero-order valence-electron chi connectivity index (χ0n) is 11.0. The predicted octanol–water partition coefficient (Wildman–Crippen LogP) is 1.45. The Labute approximate surface area is 104 Å². The highest BCUT2D eigenvalue weighted by molar-refractivity contribution is 5.75. The van der Waals surface area contributed by atoms with Gasteiger partial charge in [0.15, 0.2) is 0 Å². The summed E-state index contributed by atoms with van der Waals surface area (Å²) >= 11 is 0. The molecule has 1 amide bonds. The van der Waals surface area contributed by atoms with E-state index in [1.54, 1.807) is 0 Å². The molecule has 2 N–H and O–H groups in total. The number of morpholine rings is 1. The van der Waals surface area contributed by atoms with Crippen LogP contribution in [0, 0.1) is 0 Å². The minimum Gasteiger partial charge on any atom is -0.379 e. The van der Waals surface area contributed by atoms with E-state index in [1.165, 1.54) is 0 Å². The van der Waals surface area contributed by atoms with E-state index in [2.05, 4.69) is 17.6 Å². The Balaban J connectivity index is 1.88. The van der Waals surface area contributed by atoms with Crippen LogP contribution in [0.4, 0.5) is 0 Å². The summed E-state index contributed by atoms with van der Waals surface area (Å²) in [6.07, 6.45) is 6.11. The molecule has 1 aliphatic heterocycles. The lowest BCUT2D eigenvalue weighted by molar-refractivity contribution is -0.121. The van der Waals surface area contributed by atoms with Gasteiger partial charge in [-0.15, -0.1) is 0 Å². The van der Waals surface area contributed by atoms with E-state index in [4.69, 9.17) is 4.74 Å². The Bertz CT molecular complexity index is 204. The lowest BCUT2D eigenvalue weighted by Crippen LogP contribution is -2.41. The quantitative estimate of drug-likeness (QED) is 0.633. The van der Waals surface area contributed by atoms with Crippen molar-refractivity contribution in [1.29, 1.82) is 0 Å². The van der Waals surface area contributed by atoms with Gasteiger partial charge in [-0.1, -0.05) is 19.8 Å². The minimum atomic E-state index is 0.200. The summed E-state index contributed by atoms with van der Waals surface area (Å²) in [4.78, 5) is 11.3. The van der Waals surface area contributed by atoms with Crippen LogP contribution < -0.4 is 10.6 Å². The summed E-state index contributed by atoms with van der Waals surface area (Å²) < 4.78 is 5.39. The van der Waals surface area contributed by atoms with Gasteiger partial charge >= 0.3 is 0 Å². The average molecular weight is 242 g/mol. The number of carbonyl (C=O) groups excluding carboxylic acids is 1. The molecule has 4 heteroatoms. The van der Waals surface area contributed by atoms with Crippen molar-refractivity contribution in [1.82, 2.24) is 10.6 Å². The smallest absolute Gasteiger partial charge is 0.219 e. The fourth-order valence-corrected chi connectivity index (χ4v) is 1.97. The number of hydrogen-bond acceptors (Lipinski definition) is 3. The Kier molecular flexibility index (Phi) is 8.01. The Morgan fingerprint density at radius 3 is 3.00 bits per heavy atom. The second kappa shape index (κ2) is 9.42. The number of amides is 1. The Morgan fingerprint density at radius 2 is 2.29 bits per heavy atom. The number of unbranched alkanes of at least 4 members (excludes halogenated alkanes) is 2. The van der Waals surface area contributed by atoms with E-state index < -0.39 is 0 Å². The lowest BCUT2D eigenvalue weighted by atomic mass is 10.1. The van der Waals surface area contributed by atoms with E-state index in [9.17, 15) is 4.79 Å². The summed E-state index contributed by atoms with van der Waals surface area (Å²) in [6.45, 7) is 5.56. The van der Waals surface area contributed by atoms with E-state index in [0.29, 0.717) is 12.5 Å². The monoisotopic (exact) mass is 242 g/mol. The Hall–Kier alpha value is -0.610. The van der Waals surface area contributed by atoms with E-state index in [1.807, 2.05) is 0 Å². The Morgan fingerprint density at radius 1 is 1.41 bits per heavy atom. The standard InChI is InChI=1S/C13H26N2O2/c1-2-3-7-13(16)15-8-5-4-6-12-11-17-10-9-14-12/h12,14H,2-11H2,1H3,(H,15,16). The van der Waals surface area contributed by atoms with Crippen LogP contribution in [0.2, 0.25) is 0 Å². The largest absolute Gasteiger partial charge is 0.379 e. The van der Waals surface area contributed by atoms with Crippen LogP contribution in [0.5, 0.6) is 0 Å². The van der Waals surface area contributed by atoms with Crippen molar-refractivity contribution in [2.45, 2.75) is 51.5 Å². The average Bonchev–Trinajstić information content (AvgIpc) is 2.37. The van der Waals surface area contributed by atoms with Crippen LogP contribution >= 0.6 is 0 Å². The molecular formula is C13H26N2O2.